The van der Waals surface area contributed by atoms with Crippen molar-refractivity contribution in [2.24, 2.45) is 0 Å². The van der Waals surface area contributed by atoms with E-state index in [0.717, 1.165) is 56.3 Å². The van der Waals surface area contributed by atoms with Gasteiger partial charge in [0.05, 0.1) is 12.6 Å². The first-order valence-electron chi connectivity index (χ1n) is 13.2. The van der Waals surface area contributed by atoms with E-state index in [-0.39, 0.29) is 17.9 Å². The first kappa shape index (κ1) is 26.8. The fraction of sp³-hybridized carbons (Fsp3) is 0.310. The summed E-state index contributed by atoms with van der Waals surface area (Å²) in [4.78, 5) is 17.4. The topological polar surface area (TPSA) is 99.3 Å². The fourth-order valence-electron chi connectivity index (χ4n) is 4.94. The fourth-order valence-corrected chi connectivity index (χ4v) is 5.06. The van der Waals surface area contributed by atoms with Crippen LogP contribution in [0.3, 0.4) is 0 Å². The normalized spacial score (nSPS) is 15.4. The number of halogens is 1. The molecular weight excluding hydrogens is 514 g/mol. The molecule has 0 aliphatic carbocycles. The lowest BCUT2D eigenvalue weighted by Crippen LogP contribution is -2.34. The van der Waals surface area contributed by atoms with Crippen molar-refractivity contribution in [2.45, 2.75) is 18.9 Å². The summed E-state index contributed by atoms with van der Waals surface area (Å²) in [6, 6.07) is 26.2. The predicted molar refractivity (Wildman–Crippen MR) is 151 cm³/mol. The third kappa shape index (κ3) is 7.41. The number of aromatic nitrogens is 4. The lowest BCUT2D eigenvalue weighted by atomic mass is 9.97. The van der Waals surface area contributed by atoms with Crippen molar-refractivity contribution in [3.63, 3.8) is 0 Å². The van der Waals surface area contributed by atoms with E-state index in [1.165, 1.54) is 11.1 Å². The minimum atomic E-state index is -0.302. The number of nitrogens with zero attached hydrogens (tertiary/aromatic N) is 5. The average molecular weight is 546 g/mol. The summed E-state index contributed by atoms with van der Waals surface area (Å²) in [5, 5.41) is 16.5. The van der Waals surface area contributed by atoms with Gasteiger partial charge < -0.3 is 9.64 Å². The molecular formula is C29H32ClN7O2. The van der Waals surface area contributed by atoms with Gasteiger partial charge >= 0.3 is 0 Å². The first-order chi connectivity index (χ1) is 19.2. The Morgan fingerprint density at radius 1 is 0.949 bits per heavy atom. The minimum absolute atomic E-state index is 0.137. The van der Waals surface area contributed by atoms with Gasteiger partial charge in [0.2, 0.25) is 0 Å². The predicted octanol–water partition coefficient (Wildman–Crippen LogP) is 4.67. The molecule has 3 aromatic carbocycles. The van der Waals surface area contributed by atoms with Gasteiger partial charge in [0, 0.05) is 36.8 Å². The van der Waals surface area contributed by atoms with E-state index >= 15 is 0 Å². The highest BCUT2D eigenvalue weighted by molar-refractivity contribution is 6.30. The van der Waals surface area contributed by atoms with Crippen molar-refractivity contribution in [3.05, 3.63) is 101 Å². The maximum Gasteiger partial charge on any atom is 0.270 e. The number of aromatic amines is 1. The van der Waals surface area contributed by atoms with E-state index in [4.69, 9.17) is 16.3 Å². The van der Waals surface area contributed by atoms with E-state index in [0.29, 0.717) is 12.2 Å². The van der Waals surface area contributed by atoms with Crippen LogP contribution in [0.2, 0.25) is 5.02 Å². The van der Waals surface area contributed by atoms with Gasteiger partial charge in [-0.15, -0.1) is 5.10 Å². The molecule has 1 aliphatic rings. The van der Waals surface area contributed by atoms with Gasteiger partial charge in [-0.25, -0.2) is 0 Å². The van der Waals surface area contributed by atoms with Crippen molar-refractivity contribution in [3.8, 4) is 5.75 Å². The quantitative estimate of drug-likeness (QED) is 0.279. The summed E-state index contributed by atoms with van der Waals surface area (Å²) in [6.07, 6.45) is 2.05. The van der Waals surface area contributed by atoms with Crippen LogP contribution >= 0.6 is 11.6 Å². The van der Waals surface area contributed by atoms with Gasteiger partial charge in [0.15, 0.2) is 0 Å². The molecule has 1 saturated heterocycles. The van der Waals surface area contributed by atoms with Crippen LogP contribution in [-0.2, 0) is 0 Å². The zero-order valence-corrected chi connectivity index (χ0v) is 22.4. The smallest absolute Gasteiger partial charge is 0.270 e. The third-order valence-electron chi connectivity index (χ3n) is 6.86. The highest BCUT2D eigenvalue weighted by Gasteiger charge is 2.25. The zero-order chi connectivity index (χ0) is 26.9. The second-order valence-electron chi connectivity index (χ2n) is 9.51. The maximum absolute atomic E-state index is 12.2. The molecule has 0 bridgehead atoms. The van der Waals surface area contributed by atoms with Crippen molar-refractivity contribution >= 4 is 23.5 Å². The van der Waals surface area contributed by atoms with Crippen molar-refractivity contribution in [2.75, 3.05) is 44.6 Å². The number of tetrazole rings is 1. The molecule has 202 valence electrons. The molecule has 1 unspecified atom stereocenters. The van der Waals surface area contributed by atoms with E-state index in [1.54, 1.807) is 24.3 Å². The molecule has 1 fully saturated rings. The molecule has 5 rings (SSSR count). The Kier molecular flexibility index (Phi) is 9.16. The third-order valence-corrected chi connectivity index (χ3v) is 7.12. The van der Waals surface area contributed by atoms with Gasteiger partial charge in [-0.05, 0) is 72.1 Å². The number of hydrogen-bond acceptors (Lipinski definition) is 7. The summed E-state index contributed by atoms with van der Waals surface area (Å²) < 4.78 is 5.93. The zero-order valence-electron chi connectivity index (χ0n) is 21.7. The average Bonchev–Trinajstić information content (AvgIpc) is 3.37. The number of carbonyl (C=O) groups is 1. The number of amides is 1. The van der Waals surface area contributed by atoms with Crippen LogP contribution in [0.25, 0.3) is 0 Å². The van der Waals surface area contributed by atoms with E-state index in [9.17, 15) is 4.79 Å². The van der Waals surface area contributed by atoms with Crippen molar-refractivity contribution < 1.29 is 9.53 Å². The summed E-state index contributed by atoms with van der Waals surface area (Å²) in [5.41, 5.74) is 3.07. The number of ether oxygens (including phenoxy) is 1. The van der Waals surface area contributed by atoms with Gasteiger partial charge in [-0.3, -0.25) is 15.0 Å². The Balaban J connectivity index is 1.09. The van der Waals surface area contributed by atoms with Crippen molar-refractivity contribution in [1.29, 1.82) is 0 Å². The number of H-pyrrole nitrogens is 1. The molecule has 9 nitrogen and oxygen atoms in total. The molecule has 2 heterocycles. The molecule has 0 saturated carbocycles. The van der Waals surface area contributed by atoms with Crippen LogP contribution in [0.1, 0.15) is 40.4 Å². The Morgan fingerprint density at radius 2 is 1.72 bits per heavy atom. The number of hydrogen-bond donors (Lipinski definition) is 2. The molecule has 2 N–H and O–H groups in total. The number of nitrogens with one attached hydrogen (secondary N) is 2. The monoisotopic (exact) mass is 545 g/mol. The first-order valence-corrected chi connectivity index (χ1v) is 13.6. The van der Waals surface area contributed by atoms with Crippen LogP contribution in [-0.4, -0.2) is 75.7 Å². The van der Waals surface area contributed by atoms with Gasteiger partial charge in [-0.1, -0.05) is 59.2 Å². The molecule has 1 aliphatic heterocycles. The highest BCUT2D eigenvalue weighted by atomic mass is 35.5. The Bertz CT molecular complexity index is 1300. The largest absolute Gasteiger partial charge is 0.494 e. The number of anilines is 1. The summed E-state index contributed by atoms with van der Waals surface area (Å²) in [6.45, 7) is 5.73. The van der Waals surface area contributed by atoms with Crippen LogP contribution in [0.15, 0.2) is 78.9 Å². The second-order valence-corrected chi connectivity index (χ2v) is 9.95. The lowest BCUT2D eigenvalue weighted by Gasteiger charge is -2.31. The molecule has 0 spiro atoms. The van der Waals surface area contributed by atoms with E-state index < -0.39 is 0 Å². The Morgan fingerprint density at radius 3 is 2.46 bits per heavy atom. The van der Waals surface area contributed by atoms with E-state index in [2.05, 4.69) is 78.2 Å². The Hall–Kier alpha value is -3.79. The van der Waals surface area contributed by atoms with Crippen LogP contribution < -0.4 is 10.1 Å². The number of rotatable bonds is 10. The van der Waals surface area contributed by atoms with Gasteiger partial charge in [-0.2, -0.15) is 5.21 Å². The second kappa shape index (κ2) is 13.3. The summed E-state index contributed by atoms with van der Waals surface area (Å²) >= 11 is 6.18. The Labute approximate surface area is 233 Å². The molecule has 1 aromatic heterocycles. The molecule has 1 atom stereocenters. The molecule has 10 heteroatoms. The lowest BCUT2D eigenvalue weighted by molar-refractivity contribution is 0.102. The van der Waals surface area contributed by atoms with Crippen LogP contribution in [0.5, 0.6) is 5.75 Å². The van der Waals surface area contributed by atoms with Crippen LogP contribution in [0.4, 0.5) is 5.95 Å². The van der Waals surface area contributed by atoms with E-state index in [1.807, 2.05) is 12.1 Å². The number of benzene rings is 3. The van der Waals surface area contributed by atoms with Gasteiger partial charge in [0.1, 0.15) is 5.75 Å². The number of carbonyl (C=O) groups excluding carboxylic acids is 1. The van der Waals surface area contributed by atoms with Gasteiger partial charge in [0.25, 0.3) is 11.9 Å². The standard InChI is InChI=1S/C29H32ClN7O2/c30-25-12-8-23(9-13-25)27(22-6-2-1-3-7-22)37-18-4-16-36(19-20-37)17-5-21-39-26-14-10-24(11-15-26)28(38)31-29-32-34-35-33-29/h1-3,6-15,27H,4-5,16-21H2,(H2,31,32,33,34,35,38). The summed E-state index contributed by atoms with van der Waals surface area (Å²) in [5.74, 6) is 0.572. The summed E-state index contributed by atoms with van der Waals surface area (Å²) in [7, 11) is 0. The molecule has 0 radical (unpaired) electrons. The maximum atomic E-state index is 12.2. The van der Waals surface area contributed by atoms with Crippen molar-refractivity contribution in [1.82, 2.24) is 30.4 Å². The molecule has 4 aromatic rings. The molecule has 39 heavy (non-hydrogen) atoms. The minimum Gasteiger partial charge on any atom is -0.494 e. The highest BCUT2D eigenvalue weighted by Crippen LogP contribution is 2.30. The SMILES string of the molecule is O=C(Nc1nn[nH]n1)c1ccc(OCCCN2CCCN(C(c3ccccc3)c3ccc(Cl)cc3)CC2)cc1. The van der Waals surface area contributed by atoms with Crippen LogP contribution in [0, 0.1) is 0 Å². The molecule has 1 amide bonds.